The lowest BCUT2D eigenvalue weighted by atomic mass is 9.98. The third kappa shape index (κ3) is 8.18. The molecule has 0 unspecified atom stereocenters. The van der Waals surface area contributed by atoms with Gasteiger partial charge in [-0.25, -0.2) is 4.39 Å². The number of hydrogen-bond donors (Lipinski definition) is 3. The van der Waals surface area contributed by atoms with E-state index in [1.807, 2.05) is 25.2 Å². The third-order valence-corrected chi connectivity index (χ3v) is 6.83. The zero-order valence-corrected chi connectivity index (χ0v) is 24.2. The fourth-order valence-electron chi connectivity index (χ4n) is 5.48. The number of hydrogen-bond acceptors (Lipinski definition) is 6. The summed E-state index contributed by atoms with van der Waals surface area (Å²) in [6, 6.07) is 11.6. The molecule has 0 atom stereocenters. The predicted octanol–water partition coefficient (Wildman–Crippen LogP) is 5.51. The number of anilines is 1. The van der Waals surface area contributed by atoms with Crippen molar-refractivity contribution in [1.82, 2.24) is 15.1 Å². The lowest BCUT2D eigenvalue weighted by Crippen LogP contribution is -2.56. The van der Waals surface area contributed by atoms with Crippen molar-refractivity contribution in [3.8, 4) is 0 Å². The zero-order valence-electron chi connectivity index (χ0n) is 24.2. The average molecular weight is 537 g/mol. The number of aliphatic hydroxyl groups excluding tert-OH is 1. The highest BCUT2D eigenvalue weighted by Gasteiger charge is 2.38. The summed E-state index contributed by atoms with van der Waals surface area (Å²) in [7, 11) is 1.88. The van der Waals surface area contributed by atoms with Crippen molar-refractivity contribution in [3.05, 3.63) is 96.0 Å². The number of benzene rings is 2. The van der Waals surface area contributed by atoms with Crippen LogP contribution in [0.2, 0.25) is 0 Å². The van der Waals surface area contributed by atoms with Crippen molar-refractivity contribution in [2.45, 2.75) is 58.5 Å². The molecule has 0 saturated carbocycles. The molecule has 1 fully saturated rings. The maximum Gasteiger partial charge on any atom is 0.128 e. The summed E-state index contributed by atoms with van der Waals surface area (Å²) < 4.78 is 21.0. The number of likely N-dealkylation sites (N-methyl/N-ethyl adjacent to an activating group) is 1. The highest BCUT2D eigenvalue weighted by molar-refractivity contribution is 5.75. The zero-order chi connectivity index (χ0) is 28.8. The number of halogens is 1. The summed E-state index contributed by atoms with van der Waals surface area (Å²) >= 11 is 0. The van der Waals surface area contributed by atoms with Crippen molar-refractivity contribution in [1.29, 1.82) is 0 Å². The van der Waals surface area contributed by atoms with E-state index in [1.165, 1.54) is 11.6 Å². The standard InChI is InChI=1S/C29H39FN4O.C3H6O/c1-20(31-7)15-34-17-25-24(21(34)2)9-8-10-27(25)32-14-23-13-22(11-12-26(23)30)16-33-18-28(3,4)35-29(5,6)19-33;1-2-3-4/h8-13,31-32H,1-2,14-19H2,3-7H3;2,4H,1,3H2. The van der Waals surface area contributed by atoms with Gasteiger partial charge in [0, 0.05) is 73.5 Å². The van der Waals surface area contributed by atoms with Gasteiger partial charge in [0.1, 0.15) is 5.82 Å². The first-order valence-electron chi connectivity index (χ1n) is 13.4. The Morgan fingerprint density at radius 3 is 2.44 bits per heavy atom. The fourth-order valence-corrected chi connectivity index (χ4v) is 5.48. The van der Waals surface area contributed by atoms with Gasteiger partial charge in [-0.05, 0) is 51.5 Å². The van der Waals surface area contributed by atoms with Gasteiger partial charge >= 0.3 is 0 Å². The lowest BCUT2D eigenvalue weighted by Gasteiger charge is -2.47. The van der Waals surface area contributed by atoms with Gasteiger partial charge in [0.2, 0.25) is 0 Å². The van der Waals surface area contributed by atoms with Crippen LogP contribution in [-0.2, 0) is 24.4 Å². The van der Waals surface area contributed by atoms with Crippen LogP contribution in [0.15, 0.2) is 67.9 Å². The number of fused-ring (bicyclic) bond motifs is 1. The molecule has 2 heterocycles. The quantitative estimate of drug-likeness (QED) is 0.368. The van der Waals surface area contributed by atoms with Gasteiger partial charge in [-0.3, -0.25) is 4.90 Å². The van der Waals surface area contributed by atoms with Gasteiger partial charge in [0.15, 0.2) is 0 Å². The Balaban J connectivity index is 0.000000983. The molecule has 2 aliphatic heterocycles. The summed E-state index contributed by atoms with van der Waals surface area (Å²) in [5.74, 6) is -0.187. The first-order valence-corrected chi connectivity index (χ1v) is 13.4. The maximum absolute atomic E-state index is 14.8. The van der Waals surface area contributed by atoms with Crippen molar-refractivity contribution in [2.24, 2.45) is 0 Å². The van der Waals surface area contributed by atoms with Crippen molar-refractivity contribution < 1.29 is 14.2 Å². The summed E-state index contributed by atoms with van der Waals surface area (Å²) in [6.07, 6.45) is 1.43. The van der Waals surface area contributed by atoms with E-state index in [9.17, 15) is 4.39 Å². The molecule has 39 heavy (non-hydrogen) atoms. The smallest absolute Gasteiger partial charge is 0.128 e. The first kappa shape index (κ1) is 30.4. The second-order valence-corrected chi connectivity index (χ2v) is 11.5. The molecule has 0 aliphatic carbocycles. The van der Waals surface area contributed by atoms with Crippen LogP contribution in [-0.4, -0.2) is 59.4 Å². The number of morpholine rings is 1. The Morgan fingerprint density at radius 2 is 1.82 bits per heavy atom. The summed E-state index contributed by atoms with van der Waals surface area (Å²) in [4.78, 5) is 4.61. The molecule has 1 saturated heterocycles. The minimum absolute atomic E-state index is 0.0833. The van der Waals surface area contributed by atoms with Crippen molar-refractivity contribution in [2.75, 3.05) is 38.6 Å². The predicted molar refractivity (Wildman–Crippen MR) is 160 cm³/mol. The van der Waals surface area contributed by atoms with Gasteiger partial charge in [-0.15, -0.1) is 6.58 Å². The van der Waals surface area contributed by atoms with E-state index in [-0.39, 0.29) is 23.6 Å². The molecule has 0 spiro atoms. The first-order chi connectivity index (χ1) is 18.4. The molecule has 3 N–H and O–H groups in total. The van der Waals surface area contributed by atoms with E-state index >= 15 is 0 Å². The van der Waals surface area contributed by atoms with Crippen molar-refractivity contribution >= 4 is 11.4 Å². The molecule has 0 amide bonds. The van der Waals surface area contributed by atoms with Crippen LogP contribution in [0.25, 0.3) is 5.70 Å². The number of aliphatic hydroxyl groups is 1. The molecule has 0 bridgehead atoms. The van der Waals surface area contributed by atoms with Gasteiger partial charge in [-0.1, -0.05) is 37.4 Å². The Bertz CT molecular complexity index is 1170. The van der Waals surface area contributed by atoms with Crippen LogP contribution in [0.4, 0.5) is 10.1 Å². The molecule has 7 heteroatoms. The monoisotopic (exact) mass is 536 g/mol. The molecular formula is C32H45FN4O2. The molecule has 2 aromatic carbocycles. The Morgan fingerprint density at radius 1 is 1.15 bits per heavy atom. The second kappa shape index (κ2) is 12.8. The SMILES string of the molecule is C=C(CN1Cc2c(NCc3cc(CN4CC(C)(C)OC(C)(C)C4)ccc3F)cccc2C1=C)NC.C=CCO. The minimum atomic E-state index is -0.211. The van der Waals surface area contributed by atoms with Gasteiger partial charge < -0.3 is 25.4 Å². The molecule has 2 aliphatic rings. The van der Waals surface area contributed by atoms with Gasteiger partial charge in [-0.2, -0.15) is 0 Å². The lowest BCUT2D eigenvalue weighted by molar-refractivity contribution is -0.182. The molecule has 212 valence electrons. The normalized spacial score (nSPS) is 17.6. The fraction of sp³-hybridized carbons (Fsp3) is 0.438. The van der Waals surface area contributed by atoms with Crippen LogP contribution in [0.3, 0.4) is 0 Å². The number of rotatable bonds is 9. The number of nitrogens with one attached hydrogen (secondary N) is 2. The average Bonchev–Trinajstić information content (AvgIpc) is 3.18. The van der Waals surface area contributed by atoms with E-state index < -0.39 is 0 Å². The van der Waals surface area contributed by atoms with E-state index in [1.54, 1.807) is 6.07 Å². The van der Waals surface area contributed by atoms with E-state index in [0.717, 1.165) is 54.4 Å². The Hall–Kier alpha value is -3.13. The van der Waals surface area contributed by atoms with E-state index in [4.69, 9.17) is 9.84 Å². The van der Waals surface area contributed by atoms with Crippen molar-refractivity contribution in [3.63, 3.8) is 0 Å². The third-order valence-electron chi connectivity index (χ3n) is 6.83. The largest absolute Gasteiger partial charge is 0.392 e. The van der Waals surface area contributed by atoms with Crippen LogP contribution < -0.4 is 10.6 Å². The minimum Gasteiger partial charge on any atom is -0.392 e. The van der Waals surface area contributed by atoms with Crippen LogP contribution >= 0.6 is 0 Å². The molecule has 6 nitrogen and oxygen atoms in total. The molecule has 2 aromatic rings. The van der Waals surface area contributed by atoms with Crippen LogP contribution in [0, 0.1) is 5.82 Å². The highest BCUT2D eigenvalue weighted by atomic mass is 19.1. The van der Waals surface area contributed by atoms with E-state index in [2.05, 4.69) is 80.0 Å². The van der Waals surface area contributed by atoms with Gasteiger partial charge in [0.25, 0.3) is 0 Å². The van der Waals surface area contributed by atoms with E-state index in [0.29, 0.717) is 18.7 Å². The second-order valence-electron chi connectivity index (χ2n) is 11.5. The molecule has 4 rings (SSSR count). The van der Waals surface area contributed by atoms with Crippen LogP contribution in [0.5, 0.6) is 0 Å². The molecular weight excluding hydrogens is 491 g/mol. The topological polar surface area (TPSA) is 60.0 Å². The van der Waals surface area contributed by atoms with Gasteiger partial charge in [0.05, 0.1) is 24.4 Å². The maximum atomic E-state index is 14.8. The Labute approximate surface area is 233 Å². The number of nitrogens with zero attached hydrogens (tertiary/aromatic N) is 2. The summed E-state index contributed by atoms with van der Waals surface area (Å²) in [6.45, 7) is 24.5. The molecule has 0 radical (unpaired) electrons. The number of ether oxygens (including phenoxy) is 1. The van der Waals surface area contributed by atoms with Crippen LogP contribution in [0.1, 0.15) is 49.9 Å². The highest BCUT2D eigenvalue weighted by Crippen LogP contribution is 2.36. The summed E-state index contributed by atoms with van der Waals surface area (Å²) in [5.41, 5.74) is 6.63. The summed E-state index contributed by atoms with van der Waals surface area (Å²) in [5, 5.41) is 14.4. The molecule has 0 aromatic heterocycles. The Kier molecular flexibility index (Phi) is 9.99.